The van der Waals surface area contributed by atoms with Crippen LogP contribution in [-0.4, -0.2) is 43.0 Å². The molecular weight excluding hydrogens is 452 g/mol. The molecule has 0 bridgehead atoms. The van der Waals surface area contributed by atoms with Gasteiger partial charge in [0, 0.05) is 19.5 Å². The summed E-state index contributed by atoms with van der Waals surface area (Å²) in [7, 11) is 1.56. The van der Waals surface area contributed by atoms with Gasteiger partial charge in [-0.2, -0.15) is 0 Å². The highest BCUT2D eigenvalue weighted by Crippen LogP contribution is 2.26. The molecule has 0 aliphatic carbocycles. The van der Waals surface area contributed by atoms with E-state index in [2.05, 4.69) is 5.32 Å². The van der Waals surface area contributed by atoms with Crippen molar-refractivity contribution in [3.63, 3.8) is 0 Å². The summed E-state index contributed by atoms with van der Waals surface area (Å²) in [6, 6.07) is 24.3. The Morgan fingerprint density at radius 2 is 1.50 bits per heavy atom. The molecule has 36 heavy (non-hydrogen) atoms. The van der Waals surface area contributed by atoms with Gasteiger partial charge in [0.2, 0.25) is 5.91 Å². The summed E-state index contributed by atoms with van der Waals surface area (Å²) in [5.74, 6) is 0.868. The number of methoxy groups -OCH3 is 1. The number of hydrogen-bond donors (Lipinski definition) is 1. The minimum atomic E-state index is -0.693. The van der Waals surface area contributed by atoms with E-state index in [1.54, 1.807) is 24.1 Å². The highest BCUT2D eigenvalue weighted by molar-refractivity contribution is 5.88. The summed E-state index contributed by atoms with van der Waals surface area (Å²) in [6.07, 6.45) is 0.400. The lowest BCUT2D eigenvalue weighted by atomic mass is 10.0. The lowest BCUT2D eigenvalue weighted by Crippen LogP contribution is -2.52. The Kier molecular flexibility index (Phi) is 9.92. The number of para-hydroxylation sites is 2. The lowest BCUT2D eigenvalue weighted by molar-refractivity contribution is -0.142. The van der Waals surface area contributed by atoms with Crippen LogP contribution in [0.4, 0.5) is 0 Å². The molecule has 3 rings (SSSR count). The number of carbonyl (C=O) groups excluding carboxylic acids is 2. The summed E-state index contributed by atoms with van der Waals surface area (Å²) in [5, 5.41) is 3.03. The average Bonchev–Trinajstić information content (AvgIpc) is 2.89. The number of amides is 2. The maximum Gasteiger partial charge on any atom is 0.261 e. The molecule has 1 atom stereocenters. The standard InChI is InChI=1S/C30H36N2O4/c1-22(2)19-31-30(34)26(18-24-10-6-5-7-11-24)32(20-25-16-14-23(3)15-17-25)29(33)21-36-28-13-9-8-12-27(28)35-4/h5-17,22,26H,18-21H2,1-4H3,(H,31,34). The molecule has 2 amide bonds. The maximum absolute atomic E-state index is 13.6. The lowest BCUT2D eigenvalue weighted by Gasteiger charge is -2.31. The normalized spacial score (nSPS) is 11.6. The zero-order valence-corrected chi connectivity index (χ0v) is 21.6. The zero-order chi connectivity index (χ0) is 25.9. The Morgan fingerprint density at radius 1 is 0.861 bits per heavy atom. The summed E-state index contributed by atoms with van der Waals surface area (Å²) < 4.78 is 11.2. The molecule has 0 saturated heterocycles. The summed E-state index contributed by atoms with van der Waals surface area (Å²) >= 11 is 0. The Hall–Kier alpha value is -3.80. The number of hydrogen-bond acceptors (Lipinski definition) is 4. The third-order valence-electron chi connectivity index (χ3n) is 5.85. The van der Waals surface area contributed by atoms with Gasteiger partial charge < -0.3 is 19.7 Å². The van der Waals surface area contributed by atoms with Crippen molar-refractivity contribution in [3.05, 3.63) is 95.6 Å². The van der Waals surface area contributed by atoms with Crippen molar-refractivity contribution < 1.29 is 19.1 Å². The summed E-state index contributed by atoms with van der Waals surface area (Å²) in [4.78, 5) is 28.7. The fourth-order valence-corrected chi connectivity index (χ4v) is 3.83. The number of rotatable bonds is 12. The van der Waals surface area contributed by atoms with Crippen LogP contribution in [0.2, 0.25) is 0 Å². The van der Waals surface area contributed by atoms with Gasteiger partial charge in [-0.05, 0) is 36.1 Å². The minimum Gasteiger partial charge on any atom is -0.493 e. The second kappa shape index (κ2) is 13.3. The summed E-state index contributed by atoms with van der Waals surface area (Å²) in [6.45, 7) is 6.72. The fraction of sp³-hybridized carbons (Fsp3) is 0.333. The van der Waals surface area contributed by atoms with E-state index in [1.165, 1.54) is 0 Å². The highest BCUT2D eigenvalue weighted by Gasteiger charge is 2.31. The van der Waals surface area contributed by atoms with Crippen molar-refractivity contribution in [1.29, 1.82) is 0 Å². The minimum absolute atomic E-state index is 0.176. The third-order valence-corrected chi connectivity index (χ3v) is 5.85. The third kappa shape index (κ3) is 7.87. The molecule has 190 valence electrons. The van der Waals surface area contributed by atoms with Crippen LogP contribution in [0.15, 0.2) is 78.9 Å². The van der Waals surface area contributed by atoms with Crippen molar-refractivity contribution in [2.24, 2.45) is 5.92 Å². The molecule has 0 radical (unpaired) electrons. The molecule has 3 aromatic rings. The number of benzene rings is 3. The maximum atomic E-state index is 13.6. The first-order chi connectivity index (χ1) is 17.4. The second-order valence-corrected chi connectivity index (χ2v) is 9.29. The SMILES string of the molecule is COc1ccccc1OCC(=O)N(Cc1ccc(C)cc1)C(Cc1ccccc1)C(=O)NCC(C)C. The molecular formula is C30H36N2O4. The van der Waals surface area contributed by atoms with Crippen molar-refractivity contribution in [1.82, 2.24) is 10.2 Å². The van der Waals surface area contributed by atoms with E-state index in [0.29, 0.717) is 36.9 Å². The van der Waals surface area contributed by atoms with Crippen LogP contribution in [0.1, 0.15) is 30.5 Å². The van der Waals surface area contributed by atoms with Crippen LogP contribution < -0.4 is 14.8 Å². The van der Waals surface area contributed by atoms with Crippen molar-refractivity contribution in [2.45, 2.75) is 39.8 Å². The number of ether oxygens (including phenoxy) is 2. The molecule has 0 spiro atoms. The van der Waals surface area contributed by atoms with Gasteiger partial charge in [-0.25, -0.2) is 0 Å². The van der Waals surface area contributed by atoms with Gasteiger partial charge in [-0.3, -0.25) is 9.59 Å². The van der Waals surface area contributed by atoms with Gasteiger partial charge in [-0.1, -0.05) is 86.1 Å². The van der Waals surface area contributed by atoms with E-state index in [9.17, 15) is 9.59 Å². The molecule has 1 N–H and O–H groups in total. The van der Waals surface area contributed by atoms with Gasteiger partial charge in [0.05, 0.1) is 7.11 Å². The fourth-order valence-electron chi connectivity index (χ4n) is 3.83. The molecule has 0 aromatic heterocycles. The van der Waals surface area contributed by atoms with E-state index >= 15 is 0 Å². The van der Waals surface area contributed by atoms with E-state index in [0.717, 1.165) is 16.7 Å². The number of aryl methyl sites for hydroxylation is 1. The topological polar surface area (TPSA) is 67.9 Å². The van der Waals surface area contributed by atoms with Crippen LogP contribution in [0.3, 0.4) is 0 Å². The van der Waals surface area contributed by atoms with E-state index in [1.807, 2.05) is 87.5 Å². The molecule has 3 aromatic carbocycles. The van der Waals surface area contributed by atoms with Crippen LogP contribution in [-0.2, 0) is 22.6 Å². The van der Waals surface area contributed by atoms with E-state index in [4.69, 9.17) is 9.47 Å². The van der Waals surface area contributed by atoms with Crippen LogP contribution in [0, 0.1) is 12.8 Å². The van der Waals surface area contributed by atoms with Crippen molar-refractivity contribution in [3.8, 4) is 11.5 Å². The molecule has 0 aliphatic heterocycles. The molecule has 6 heteroatoms. The molecule has 0 fully saturated rings. The first kappa shape index (κ1) is 26.8. The predicted octanol–water partition coefficient (Wildman–Crippen LogP) is 4.79. The second-order valence-electron chi connectivity index (χ2n) is 9.29. The Labute approximate surface area is 214 Å². The van der Waals surface area contributed by atoms with Crippen LogP contribution >= 0.6 is 0 Å². The van der Waals surface area contributed by atoms with Gasteiger partial charge in [0.25, 0.3) is 5.91 Å². The summed E-state index contributed by atoms with van der Waals surface area (Å²) in [5.41, 5.74) is 3.06. The Morgan fingerprint density at radius 3 is 2.14 bits per heavy atom. The van der Waals surface area contributed by atoms with E-state index in [-0.39, 0.29) is 18.4 Å². The van der Waals surface area contributed by atoms with Gasteiger partial charge >= 0.3 is 0 Å². The first-order valence-corrected chi connectivity index (χ1v) is 12.3. The number of nitrogens with one attached hydrogen (secondary N) is 1. The molecule has 6 nitrogen and oxygen atoms in total. The smallest absolute Gasteiger partial charge is 0.261 e. The van der Waals surface area contributed by atoms with E-state index < -0.39 is 6.04 Å². The largest absolute Gasteiger partial charge is 0.493 e. The number of carbonyl (C=O) groups is 2. The van der Waals surface area contributed by atoms with Gasteiger partial charge in [0.15, 0.2) is 18.1 Å². The van der Waals surface area contributed by atoms with Gasteiger partial charge in [0.1, 0.15) is 6.04 Å². The quantitative estimate of drug-likeness (QED) is 0.398. The predicted molar refractivity (Wildman–Crippen MR) is 142 cm³/mol. The highest BCUT2D eigenvalue weighted by atomic mass is 16.5. The first-order valence-electron chi connectivity index (χ1n) is 12.3. The number of nitrogens with zero attached hydrogens (tertiary/aromatic N) is 1. The monoisotopic (exact) mass is 488 g/mol. The van der Waals surface area contributed by atoms with Crippen LogP contribution in [0.5, 0.6) is 11.5 Å². The van der Waals surface area contributed by atoms with Crippen molar-refractivity contribution >= 4 is 11.8 Å². The average molecular weight is 489 g/mol. The van der Waals surface area contributed by atoms with Crippen molar-refractivity contribution in [2.75, 3.05) is 20.3 Å². The van der Waals surface area contributed by atoms with Crippen LogP contribution in [0.25, 0.3) is 0 Å². The molecule has 0 aliphatic rings. The zero-order valence-electron chi connectivity index (χ0n) is 21.6. The van der Waals surface area contributed by atoms with Gasteiger partial charge in [-0.15, -0.1) is 0 Å². The Balaban J connectivity index is 1.90. The molecule has 0 saturated carbocycles. The molecule has 1 unspecified atom stereocenters. The molecule has 0 heterocycles. The Bertz CT molecular complexity index is 1110.